The molecule has 0 aromatic heterocycles. The van der Waals surface area contributed by atoms with Gasteiger partial charge in [-0.15, -0.1) is 0 Å². The SMILES string of the molecule is CCCCCCCCNC1CC2CCCC(C1)N2C. The Hall–Kier alpha value is -0.0800. The van der Waals surface area contributed by atoms with Crippen LogP contribution in [-0.4, -0.2) is 36.6 Å². The molecule has 0 amide bonds. The van der Waals surface area contributed by atoms with Gasteiger partial charge in [0.15, 0.2) is 0 Å². The maximum atomic E-state index is 3.83. The minimum absolute atomic E-state index is 0.808. The topological polar surface area (TPSA) is 15.3 Å². The Morgan fingerprint density at radius 1 is 0.947 bits per heavy atom. The predicted molar refractivity (Wildman–Crippen MR) is 83.6 cm³/mol. The van der Waals surface area contributed by atoms with Gasteiger partial charge in [0.2, 0.25) is 0 Å². The van der Waals surface area contributed by atoms with Crippen molar-refractivity contribution in [2.75, 3.05) is 13.6 Å². The molecule has 112 valence electrons. The van der Waals surface area contributed by atoms with Crippen molar-refractivity contribution < 1.29 is 0 Å². The number of hydrogen-bond donors (Lipinski definition) is 1. The van der Waals surface area contributed by atoms with E-state index in [0.717, 1.165) is 18.1 Å². The van der Waals surface area contributed by atoms with Crippen LogP contribution < -0.4 is 5.32 Å². The van der Waals surface area contributed by atoms with Crippen molar-refractivity contribution in [3.8, 4) is 0 Å². The molecular weight excluding hydrogens is 232 g/mol. The summed E-state index contributed by atoms with van der Waals surface area (Å²) >= 11 is 0. The average molecular weight is 266 g/mol. The lowest BCUT2D eigenvalue weighted by Crippen LogP contribution is -2.54. The molecule has 2 aliphatic rings. The largest absolute Gasteiger partial charge is 0.314 e. The highest BCUT2D eigenvalue weighted by Gasteiger charge is 2.35. The van der Waals surface area contributed by atoms with Crippen molar-refractivity contribution in [2.24, 2.45) is 0 Å². The first-order valence-electron chi connectivity index (χ1n) is 8.76. The zero-order valence-corrected chi connectivity index (χ0v) is 13.2. The number of unbranched alkanes of at least 4 members (excludes halogenated alkanes) is 5. The highest BCUT2D eigenvalue weighted by molar-refractivity contribution is 4.93. The molecule has 0 aromatic carbocycles. The van der Waals surface area contributed by atoms with E-state index in [1.807, 2.05) is 0 Å². The number of nitrogens with zero attached hydrogens (tertiary/aromatic N) is 1. The van der Waals surface area contributed by atoms with Crippen LogP contribution in [0.3, 0.4) is 0 Å². The molecule has 2 aliphatic heterocycles. The van der Waals surface area contributed by atoms with E-state index in [1.165, 1.54) is 77.2 Å². The van der Waals surface area contributed by atoms with E-state index >= 15 is 0 Å². The minimum atomic E-state index is 0.808. The molecule has 2 bridgehead atoms. The van der Waals surface area contributed by atoms with Crippen molar-refractivity contribution in [3.63, 3.8) is 0 Å². The van der Waals surface area contributed by atoms with Crippen LogP contribution in [0.5, 0.6) is 0 Å². The first-order valence-corrected chi connectivity index (χ1v) is 8.76. The normalized spacial score (nSPS) is 31.6. The van der Waals surface area contributed by atoms with Gasteiger partial charge in [-0.25, -0.2) is 0 Å². The van der Waals surface area contributed by atoms with Crippen LogP contribution in [-0.2, 0) is 0 Å². The summed E-state index contributed by atoms with van der Waals surface area (Å²) in [6.45, 7) is 3.54. The number of piperidine rings is 2. The second-order valence-electron chi connectivity index (χ2n) is 6.79. The molecule has 2 nitrogen and oxygen atoms in total. The lowest BCUT2D eigenvalue weighted by molar-refractivity contribution is 0.0486. The minimum Gasteiger partial charge on any atom is -0.314 e. The molecule has 19 heavy (non-hydrogen) atoms. The zero-order valence-electron chi connectivity index (χ0n) is 13.2. The van der Waals surface area contributed by atoms with Crippen molar-refractivity contribution in [1.29, 1.82) is 0 Å². The summed E-state index contributed by atoms with van der Waals surface area (Å²) in [6.07, 6.45) is 15.6. The fourth-order valence-electron chi connectivity index (χ4n) is 3.99. The molecule has 2 atom stereocenters. The summed E-state index contributed by atoms with van der Waals surface area (Å²) in [5, 5.41) is 3.83. The van der Waals surface area contributed by atoms with Crippen LogP contribution in [0.15, 0.2) is 0 Å². The van der Waals surface area contributed by atoms with E-state index in [9.17, 15) is 0 Å². The summed E-state index contributed by atoms with van der Waals surface area (Å²) in [6, 6.07) is 2.55. The second-order valence-corrected chi connectivity index (χ2v) is 6.79. The Kier molecular flexibility index (Phi) is 6.66. The molecule has 2 heterocycles. The Bertz CT molecular complexity index is 227. The summed E-state index contributed by atoms with van der Waals surface area (Å²) < 4.78 is 0. The molecule has 0 aromatic rings. The molecule has 2 heteroatoms. The highest BCUT2D eigenvalue weighted by Crippen LogP contribution is 2.32. The second kappa shape index (κ2) is 8.26. The Morgan fingerprint density at radius 3 is 2.26 bits per heavy atom. The van der Waals surface area contributed by atoms with E-state index < -0.39 is 0 Å². The first kappa shape index (κ1) is 15.3. The van der Waals surface area contributed by atoms with Crippen molar-refractivity contribution in [2.45, 2.75) is 95.7 Å². The van der Waals surface area contributed by atoms with Crippen LogP contribution in [0.25, 0.3) is 0 Å². The number of rotatable bonds is 8. The smallest absolute Gasteiger partial charge is 0.0110 e. The fourth-order valence-corrected chi connectivity index (χ4v) is 3.99. The lowest BCUT2D eigenvalue weighted by atomic mass is 9.82. The van der Waals surface area contributed by atoms with Gasteiger partial charge in [-0.3, -0.25) is 0 Å². The summed E-state index contributed by atoms with van der Waals surface area (Å²) in [5.41, 5.74) is 0. The molecule has 2 unspecified atom stereocenters. The quantitative estimate of drug-likeness (QED) is 0.669. The van der Waals surface area contributed by atoms with Gasteiger partial charge >= 0.3 is 0 Å². The molecule has 2 rings (SSSR count). The van der Waals surface area contributed by atoms with Crippen LogP contribution in [0.1, 0.15) is 77.6 Å². The van der Waals surface area contributed by atoms with Crippen LogP contribution in [0, 0.1) is 0 Å². The van der Waals surface area contributed by atoms with Crippen LogP contribution in [0.4, 0.5) is 0 Å². The molecule has 2 saturated heterocycles. The van der Waals surface area contributed by atoms with Gasteiger partial charge in [0.05, 0.1) is 0 Å². The summed E-state index contributed by atoms with van der Waals surface area (Å²) in [5.74, 6) is 0. The fraction of sp³-hybridized carbons (Fsp3) is 1.00. The van der Waals surface area contributed by atoms with E-state index in [0.29, 0.717) is 0 Å². The molecule has 0 saturated carbocycles. The molecule has 0 radical (unpaired) electrons. The average Bonchev–Trinajstić information content (AvgIpc) is 2.38. The standard InChI is InChI=1S/C17H34N2/c1-3-4-5-6-7-8-12-18-15-13-16-10-9-11-17(14-15)19(16)2/h15-18H,3-14H2,1-2H3. The van der Waals surface area contributed by atoms with E-state index in [2.05, 4.69) is 24.2 Å². The third-order valence-electron chi connectivity index (χ3n) is 5.30. The molecular formula is C17H34N2. The van der Waals surface area contributed by atoms with Gasteiger partial charge < -0.3 is 10.2 Å². The Labute approximate surface area is 120 Å². The van der Waals surface area contributed by atoms with E-state index in [1.54, 1.807) is 0 Å². The van der Waals surface area contributed by atoms with Crippen LogP contribution >= 0.6 is 0 Å². The summed E-state index contributed by atoms with van der Waals surface area (Å²) in [7, 11) is 2.35. The van der Waals surface area contributed by atoms with E-state index in [-0.39, 0.29) is 0 Å². The zero-order chi connectivity index (χ0) is 13.5. The molecule has 1 N–H and O–H groups in total. The summed E-state index contributed by atoms with van der Waals surface area (Å²) in [4.78, 5) is 2.66. The third-order valence-corrected chi connectivity index (χ3v) is 5.30. The third kappa shape index (κ3) is 4.75. The van der Waals surface area contributed by atoms with Crippen molar-refractivity contribution >= 4 is 0 Å². The highest BCUT2D eigenvalue weighted by atomic mass is 15.2. The number of hydrogen-bond acceptors (Lipinski definition) is 2. The van der Waals surface area contributed by atoms with Gasteiger partial charge in [0, 0.05) is 18.1 Å². The van der Waals surface area contributed by atoms with E-state index in [4.69, 9.17) is 0 Å². The van der Waals surface area contributed by atoms with Crippen LogP contribution in [0.2, 0.25) is 0 Å². The van der Waals surface area contributed by atoms with Gasteiger partial charge in [0.1, 0.15) is 0 Å². The first-order chi connectivity index (χ1) is 9.31. The Balaban J connectivity index is 1.54. The molecule has 0 spiro atoms. The Morgan fingerprint density at radius 2 is 1.58 bits per heavy atom. The predicted octanol–water partition coefficient (Wildman–Crippen LogP) is 3.95. The molecule has 2 fully saturated rings. The van der Waals surface area contributed by atoms with Crippen molar-refractivity contribution in [1.82, 2.24) is 10.2 Å². The monoisotopic (exact) mass is 266 g/mol. The van der Waals surface area contributed by atoms with Gasteiger partial charge in [-0.1, -0.05) is 45.4 Å². The van der Waals surface area contributed by atoms with Gasteiger partial charge in [-0.05, 0) is 45.7 Å². The van der Waals surface area contributed by atoms with Crippen molar-refractivity contribution in [3.05, 3.63) is 0 Å². The van der Waals surface area contributed by atoms with Gasteiger partial charge in [0.25, 0.3) is 0 Å². The lowest BCUT2D eigenvalue weighted by Gasteiger charge is -2.47. The number of nitrogens with one attached hydrogen (secondary N) is 1. The number of fused-ring (bicyclic) bond motifs is 2. The maximum Gasteiger partial charge on any atom is 0.0110 e. The maximum absolute atomic E-state index is 3.83. The molecule has 0 aliphatic carbocycles. The van der Waals surface area contributed by atoms with Gasteiger partial charge in [-0.2, -0.15) is 0 Å².